The molecule has 0 aromatic heterocycles. The van der Waals surface area contributed by atoms with Crippen LogP contribution in [0.25, 0.3) is 0 Å². The highest BCUT2D eigenvalue weighted by atomic mass is 16.5. The molecule has 3 rings (SSSR count). The Balaban J connectivity index is 1.37. The zero-order valence-corrected chi connectivity index (χ0v) is 19.1. The third-order valence-electron chi connectivity index (χ3n) is 5.90. The van der Waals surface area contributed by atoms with Gasteiger partial charge in [0.1, 0.15) is 0 Å². The van der Waals surface area contributed by atoms with Gasteiger partial charge in [-0.05, 0) is 49.9 Å². The quantitative estimate of drug-likeness (QED) is 0.671. The summed E-state index contributed by atoms with van der Waals surface area (Å²) in [6.07, 6.45) is 4.03. The van der Waals surface area contributed by atoms with Gasteiger partial charge in [-0.15, -0.1) is 0 Å². The number of carbonyl (C=O) groups excluding carboxylic acids is 1. The van der Waals surface area contributed by atoms with E-state index in [0.717, 1.165) is 32.8 Å². The second-order valence-electron chi connectivity index (χ2n) is 9.34. The van der Waals surface area contributed by atoms with Gasteiger partial charge in [-0.3, -0.25) is 14.6 Å². The van der Waals surface area contributed by atoms with E-state index in [0.29, 0.717) is 19.0 Å². The zero-order chi connectivity index (χ0) is 21.3. The average Bonchev–Trinajstić information content (AvgIpc) is 2.73. The number of hydrogen-bond acceptors (Lipinski definition) is 5. The highest BCUT2D eigenvalue weighted by Gasteiger charge is 2.21. The molecule has 1 atom stereocenters. The first-order valence-electron chi connectivity index (χ1n) is 11.6. The lowest BCUT2D eigenvalue weighted by Gasteiger charge is -2.34. The molecule has 1 aromatic carbocycles. The Bertz CT molecular complexity index is 643. The highest BCUT2D eigenvalue weighted by Crippen LogP contribution is 2.20. The summed E-state index contributed by atoms with van der Waals surface area (Å²) < 4.78 is 5.83. The number of hydrogen-bond donors (Lipinski definition) is 1. The predicted molar refractivity (Wildman–Crippen MR) is 123 cm³/mol. The molecule has 0 spiro atoms. The Morgan fingerprint density at radius 3 is 2.60 bits per heavy atom. The number of piperidine rings is 1. The molecular formula is C24H40N4O2. The first-order chi connectivity index (χ1) is 14.5. The molecule has 0 saturated carbocycles. The molecule has 1 N–H and O–H groups in total. The molecule has 1 aromatic rings. The summed E-state index contributed by atoms with van der Waals surface area (Å²) >= 11 is 0. The van der Waals surface area contributed by atoms with Crippen LogP contribution < -0.4 is 10.2 Å². The lowest BCUT2D eigenvalue weighted by molar-refractivity contribution is -0.123. The highest BCUT2D eigenvalue weighted by molar-refractivity contribution is 5.78. The van der Waals surface area contributed by atoms with Crippen LogP contribution in [0.5, 0.6) is 0 Å². The number of anilines is 1. The molecule has 1 unspecified atom stereocenters. The van der Waals surface area contributed by atoms with Gasteiger partial charge >= 0.3 is 0 Å². The molecule has 0 aliphatic carbocycles. The fourth-order valence-corrected chi connectivity index (χ4v) is 4.45. The largest absolute Gasteiger partial charge is 0.374 e. The number of rotatable bonds is 9. The standard InChI is InChI=1S/C24H40N4O2/c1-20(2)16-27-13-14-30-23(18-27)15-25-24(29)19-26(3)17-21-7-9-22(10-8-21)28-11-5-4-6-12-28/h7-10,20,23H,4-6,11-19H2,1-3H3,(H,25,29). The van der Waals surface area contributed by atoms with E-state index in [1.54, 1.807) is 0 Å². The maximum absolute atomic E-state index is 12.4. The monoisotopic (exact) mass is 416 g/mol. The Hall–Kier alpha value is -1.63. The maximum atomic E-state index is 12.4. The summed E-state index contributed by atoms with van der Waals surface area (Å²) in [4.78, 5) is 19.4. The number of morpholine rings is 1. The second kappa shape index (κ2) is 11.7. The molecule has 30 heavy (non-hydrogen) atoms. The van der Waals surface area contributed by atoms with Gasteiger partial charge in [0.25, 0.3) is 0 Å². The number of likely N-dealkylation sites (N-methyl/N-ethyl adjacent to an activating group) is 1. The van der Waals surface area contributed by atoms with Crippen LogP contribution in [-0.4, -0.2) is 81.3 Å². The van der Waals surface area contributed by atoms with E-state index in [4.69, 9.17) is 4.74 Å². The van der Waals surface area contributed by atoms with Crippen molar-refractivity contribution < 1.29 is 9.53 Å². The Morgan fingerprint density at radius 1 is 1.17 bits per heavy atom. The van der Waals surface area contributed by atoms with Crippen molar-refractivity contribution >= 4 is 11.6 Å². The molecule has 2 aliphatic heterocycles. The molecule has 0 bridgehead atoms. The Morgan fingerprint density at radius 2 is 1.90 bits per heavy atom. The zero-order valence-electron chi connectivity index (χ0n) is 19.1. The predicted octanol–water partition coefficient (Wildman–Crippen LogP) is 2.58. The molecule has 0 radical (unpaired) electrons. The Labute approximate surface area is 182 Å². The van der Waals surface area contributed by atoms with Crippen molar-refractivity contribution in [3.8, 4) is 0 Å². The average molecular weight is 417 g/mol. The first-order valence-corrected chi connectivity index (χ1v) is 11.6. The number of ether oxygens (including phenoxy) is 1. The normalized spacial score (nSPS) is 20.7. The Kier molecular flexibility index (Phi) is 8.97. The van der Waals surface area contributed by atoms with Crippen molar-refractivity contribution in [1.29, 1.82) is 0 Å². The summed E-state index contributed by atoms with van der Waals surface area (Å²) in [5.74, 6) is 0.716. The van der Waals surface area contributed by atoms with Crippen LogP contribution in [0.15, 0.2) is 24.3 Å². The molecule has 1 amide bonds. The van der Waals surface area contributed by atoms with Crippen LogP contribution in [0.2, 0.25) is 0 Å². The van der Waals surface area contributed by atoms with Crippen molar-refractivity contribution in [2.75, 3.05) is 64.4 Å². The topological polar surface area (TPSA) is 48.1 Å². The summed E-state index contributed by atoms with van der Waals surface area (Å²) in [5.41, 5.74) is 2.56. The first kappa shape index (κ1) is 23.0. The van der Waals surface area contributed by atoms with Gasteiger partial charge in [-0.25, -0.2) is 0 Å². The van der Waals surface area contributed by atoms with Gasteiger partial charge in [0.15, 0.2) is 0 Å². The molecule has 2 fully saturated rings. The SMILES string of the molecule is CC(C)CN1CCOC(CNC(=O)CN(C)Cc2ccc(N3CCCCC3)cc2)C1. The number of nitrogens with zero attached hydrogens (tertiary/aromatic N) is 3. The van der Waals surface area contributed by atoms with E-state index in [2.05, 4.69) is 58.1 Å². The minimum atomic E-state index is 0.0621. The third-order valence-corrected chi connectivity index (χ3v) is 5.90. The number of carbonyl (C=O) groups is 1. The van der Waals surface area contributed by atoms with E-state index < -0.39 is 0 Å². The van der Waals surface area contributed by atoms with Gasteiger partial charge < -0.3 is 15.0 Å². The molecule has 2 heterocycles. The number of nitrogens with one attached hydrogen (secondary N) is 1. The third kappa shape index (κ3) is 7.56. The van der Waals surface area contributed by atoms with E-state index in [9.17, 15) is 4.79 Å². The van der Waals surface area contributed by atoms with Crippen molar-refractivity contribution in [3.05, 3.63) is 29.8 Å². The summed E-state index contributed by atoms with van der Waals surface area (Å²) in [5, 5.41) is 3.06. The number of amides is 1. The van der Waals surface area contributed by atoms with Crippen molar-refractivity contribution in [2.45, 2.75) is 45.8 Å². The van der Waals surface area contributed by atoms with Crippen LogP contribution in [0.3, 0.4) is 0 Å². The molecule has 168 valence electrons. The van der Waals surface area contributed by atoms with Crippen molar-refractivity contribution in [1.82, 2.24) is 15.1 Å². The summed E-state index contributed by atoms with van der Waals surface area (Å²) in [6.45, 7) is 12.3. The van der Waals surface area contributed by atoms with E-state index >= 15 is 0 Å². The van der Waals surface area contributed by atoms with Gasteiger partial charge in [0.2, 0.25) is 5.91 Å². The smallest absolute Gasteiger partial charge is 0.234 e. The number of benzene rings is 1. The second-order valence-corrected chi connectivity index (χ2v) is 9.34. The summed E-state index contributed by atoms with van der Waals surface area (Å²) in [6, 6.07) is 8.82. The fourth-order valence-electron chi connectivity index (χ4n) is 4.45. The van der Waals surface area contributed by atoms with E-state index in [1.807, 2.05) is 7.05 Å². The van der Waals surface area contributed by atoms with Crippen LogP contribution in [0.1, 0.15) is 38.7 Å². The van der Waals surface area contributed by atoms with Gasteiger partial charge in [-0.2, -0.15) is 0 Å². The fraction of sp³-hybridized carbons (Fsp3) is 0.708. The van der Waals surface area contributed by atoms with Crippen LogP contribution in [0, 0.1) is 5.92 Å². The van der Waals surface area contributed by atoms with Gasteiger partial charge in [0, 0.05) is 51.5 Å². The van der Waals surface area contributed by atoms with Crippen molar-refractivity contribution in [2.24, 2.45) is 5.92 Å². The minimum absolute atomic E-state index is 0.0621. The van der Waals surface area contributed by atoms with Gasteiger partial charge in [-0.1, -0.05) is 26.0 Å². The molecule has 6 heteroatoms. The van der Waals surface area contributed by atoms with Crippen LogP contribution in [0.4, 0.5) is 5.69 Å². The van der Waals surface area contributed by atoms with E-state index in [-0.39, 0.29) is 12.0 Å². The van der Waals surface area contributed by atoms with Crippen molar-refractivity contribution in [3.63, 3.8) is 0 Å². The van der Waals surface area contributed by atoms with E-state index in [1.165, 1.54) is 43.6 Å². The summed E-state index contributed by atoms with van der Waals surface area (Å²) in [7, 11) is 2.00. The molecular weight excluding hydrogens is 376 g/mol. The molecule has 6 nitrogen and oxygen atoms in total. The lowest BCUT2D eigenvalue weighted by Crippen LogP contribution is -2.49. The molecule has 2 saturated heterocycles. The molecule has 2 aliphatic rings. The lowest BCUT2D eigenvalue weighted by atomic mass is 10.1. The maximum Gasteiger partial charge on any atom is 0.234 e. The van der Waals surface area contributed by atoms with Crippen LogP contribution in [-0.2, 0) is 16.1 Å². The van der Waals surface area contributed by atoms with Gasteiger partial charge in [0.05, 0.1) is 19.3 Å². The minimum Gasteiger partial charge on any atom is -0.374 e. The van der Waals surface area contributed by atoms with Crippen LogP contribution >= 0.6 is 0 Å².